The Kier molecular flexibility index (Phi) is 11.6. The maximum atomic E-state index is 11.2. The summed E-state index contributed by atoms with van der Waals surface area (Å²) in [6, 6.07) is 18.5. The second-order valence-electron chi connectivity index (χ2n) is 9.67. The Morgan fingerprint density at radius 3 is 1.44 bits per heavy atom. The molecule has 0 unspecified atom stereocenters. The van der Waals surface area contributed by atoms with E-state index in [0.29, 0.717) is 26.1 Å². The van der Waals surface area contributed by atoms with Crippen LogP contribution < -0.4 is 14.4 Å². The summed E-state index contributed by atoms with van der Waals surface area (Å²) in [5, 5.41) is 0. The number of esters is 2. The first-order valence-corrected chi connectivity index (χ1v) is 13.7. The number of carbonyl (C=O) groups is 2. The summed E-state index contributed by atoms with van der Waals surface area (Å²) >= 11 is 0. The molecular formula is C34H39NO6. The molecule has 0 heterocycles. The van der Waals surface area contributed by atoms with Gasteiger partial charge in [-0.1, -0.05) is 30.9 Å². The van der Waals surface area contributed by atoms with E-state index in [-0.39, 0.29) is 13.2 Å². The van der Waals surface area contributed by atoms with Gasteiger partial charge in [0.2, 0.25) is 0 Å². The number of nitrogens with zero attached hydrogens (tertiary/aromatic N) is 1. The molecule has 0 fully saturated rings. The quantitative estimate of drug-likeness (QED) is 0.110. The first kappa shape index (κ1) is 31.0. The van der Waals surface area contributed by atoms with Gasteiger partial charge in [0, 0.05) is 42.1 Å². The zero-order chi connectivity index (χ0) is 29.8. The smallest absolute Gasteiger partial charge is 0.330 e. The van der Waals surface area contributed by atoms with Gasteiger partial charge in [0.15, 0.2) is 0 Å². The Morgan fingerprint density at radius 2 is 1.05 bits per heavy atom. The van der Waals surface area contributed by atoms with Crippen LogP contribution in [0.5, 0.6) is 11.5 Å². The standard InChI is InChI=1S/C34H39NO6/c1-7-33(36)40-19-9-17-38-28-12-15-31(26(5)22-28)35(30-14-11-24(3)21-25(30)4)32-16-13-29(23-27(32)6)39-18-10-20-41-34(37)8-2/h7-8,11-16,21-23H,1-2,9-10,17-20H2,3-6H3. The number of ether oxygens (including phenoxy) is 4. The average molecular weight is 558 g/mol. The van der Waals surface area contributed by atoms with E-state index < -0.39 is 11.9 Å². The maximum Gasteiger partial charge on any atom is 0.330 e. The van der Waals surface area contributed by atoms with Crippen LogP contribution in [0.3, 0.4) is 0 Å². The highest BCUT2D eigenvalue weighted by Crippen LogP contribution is 2.41. The number of aryl methyl sites for hydroxylation is 4. The maximum absolute atomic E-state index is 11.2. The third-order valence-corrected chi connectivity index (χ3v) is 6.35. The normalized spacial score (nSPS) is 10.4. The Bertz CT molecular complexity index is 1300. The summed E-state index contributed by atoms with van der Waals surface area (Å²) in [7, 11) is 0. The molecule has 0 amide bonds. The van der Waals surface area contributed by atoms with Crippen LogP contribution in [0.25, 0.3) is 0 Å². The van der Waals surface area contributed by atoms with Gasteiger partial charge < -0.3 is 23.8 Å². The van der Waals surface area contributed by atoms with Crippen molar-refractivity contribution in [3.05, 3.63) is 102 Å². The lowest BCUT2D eigenvalue weighted by Crippen LogP contribution is -2.14. The van der Waals surface area contributed by atoms with E-state index in [9.17, 15) is 9.59 Å². The molecule has 0 saturated heterocycles. The van der Waals surface area contributed by atoms with Crippen LogP contribution in [-0.4, -0.2) is 38.4 Å². The summed E-state index contributed by atoms with van der Waals surface area (Å²) in [4.78, 5) is 24.7. The molecule has 0 N–H and O–H groups in total. The van der Waals surface area contributed by atoms with Gasteiger partial charge in [0.05, 0.1) is 26.4 Å². The van der Waals surface area contributed by atoms with Crippen LogP contribution in [0.1, 0.15) is 35.1 Å². The highest BCUT2D eigenvalue weighted by atomic mass is 16.5. The molecule has 0 aromatic heterocycles. The van der Waals surface area contributed by atoms with Crippen molar-refractivity contribution >= 4 is 29.0 Å². The number of hydrogen-bond donors (Lipinski definition) is 0. The van der Waals surface area contributed by atoms with E-state index in [0.717, 1.165) is 57.4 Å². The number of rotatable bonds is 15. The van der Waals surface area contributed by atoms with Crippen molar-refractivity contribution in [2.45, 2.75) is 40.5 Å². The number of hydrogen-bond acceptors (Lipinski definition) is 7. The lowest BCUT2D eigenvalue weighted by molar-refractivity contribution is -0.138. The highest BCUT2D eigenvalue weighted by molar-refractivity contribution is 5.83. The van der Waals surface area contributed by atoms with Gasteiger partial charge in [-0.25, -0.2) is 9.59 Å². The number of carbonyl (C=O) groups excluding carboxylic acids is 2. The molecule has 0 aliphatic carbocycles. The molecule has 7 nitrogen and oxygen atoms in total. The largest absolute Gasteiger partial charge is 0.493 e. The van der Waals surface area contributed by atoms with Gasteiger partial charge in [0.1, 0.15) is 11.5 Å². The van der Waals surface area contributed by atoms with Crippen LogP contribution in [0.2, 0.25) is 0 Å². The van der Waals surface area contributed by atoms with E-state index in [1.54, 1.807) is 0 Å². The Hall–Kier alpha value is -4.52. The Labute approximate surface area is 243 Å². The molecule has 0 bridgehead atoms. The third-order valence-electron chi connectivity index (χ3n) is 6.35. The van der Waals surface area contributed by atoms with Gasteiger partial charge in [-0.2, -0.15) is 0 Å². The Morgan fingerprint density at radius 1 is 0.634 bits per heavy atom. The number of anilines is 3. The van der Waals surface area contributed by atoms with Crippen LogP contribution in [0.4, 0.5) is 17.1 Å². The second kappa shape index (κ2) is 15.3. The summed E-state index contributed by atoms with van der Waals surface area (Å²) in [5.41, 5.74) is 7.60. The van der Waals surface area contributed by atoms with Gasteiger partial charge >= 0.3 is 11.9 Å². The van der Waals surface area contributed by atoms with E-state index >= 15 is 0 Å². The van der Waals surface area contributed by atoms with E-state index in [2.05, 4.69) is 76.1 Å². The molecule has 41 heavy (non-hydrogen) atoms. The molecule has 0 atom stereocenters. The fourth-order valence-corrected chi connectivity index (χ4v) is 4.34. The lowest BCUT2D eigenvalue weighted by Gasteiger charge is -2.30. The van der Waals surface area contributed by atoms with Crippen LogP contribution in [0, 0.1) is 27.7 Å². The zero-order valence-corrected chi connectivity index (χ0v) is 24.4. The summed E-state index contributed by atoms with van der Waals surface area (Å²) in [6.45, 7) is 16.6. The minimum atomic E-state index is -0.432. The van der Waals surface area contributed by atoms with Gasteiger partial charge in [-0.3, -0.25) is 0 Å². The van der Waals surface area contributed by atoms with E-state index in [4.69, 9.17) is 18.9 Å². The lowest BCUT2D eigenvalue weighted by atomic mass is 10.0. The van der Waals surface area contributed by atoms with Gasteiger partial charge in [0.25, 0.3) is 0 Å². The van der Waals surface area contributed by atoms with Crippen molar-refractivity contribution in [3.8, 4) is 11.5 Å². The molecule has 0 spiro atoms. The van der Waals surface area contributed by atoms with Crippen molar-refractivity contribution in [1.82, 2.24) is 0 Å². The third kappa shape index (κ3) is 9.00. The molecule has 0 aliphatic rings. The monoisotopic (exact) mass is 557 g/mol. The molecule has 3 aromatic rings. The summed E-state index contributed by atoms with van der Waals surface area (Å²) < 4.78 is 21.9. The molecule has 7 heteroatoms. The SMILES string of the molecule is C=CC(=O)OCCCOc1ccc(N(c2ccc(C)cc2C)c2ccc(OCCCOC(=O)C=C)cc2C)c(C)c1. The van der Waals surface area contributed by atoms with Crippen molar-refractivity contribution in [2.75, 3.05) is 31.3 Å². The molecule has 0 radical (unpaired) electrons. The number of benzene rings is 3. The van der Waals surface area contributed by atoms with E-state index in [1.165, 1.54) is 5.56 Å². The molecular weight excluding hydrogens is 518 g/mol. The minimum absolute atomic E-state index is 0.282. The van der Waals surface area contributed by atoms with E-state index in [1.807, 2.05) is 24.3 Å². The van der Waals surface area contributed by atoms with Gasteiger partial charge in [-0.15, -0.1) is 0 Å². The molecule has 3 aromatic carbocycles. The Balaban J connectivity index is 1.81. The zero-order valence-electron chi connectivity index (χ0n) is 24.4. The molecule has 216 valence electrons. The van der Waals surface area contributed by atoms with Crippen LogP contribution in [0.15, 0.2) is 79.9 Å². The van der Waals surface area contributed by atoms with Crippen LogP contribution >= 0.6 is 0 Å². The average Bonchev–Trinajstić information content (AvgIpc) is 2.95. The predicted molar refractivity (Wildman–Crippen MR) is 163 cm³/mol. The molecule has 0 saturated carbocycles. The summed E-state index contributed by atoms with van der Waals surface area (Å²) in [6.07, 6.45) is 3.48. The summed E-state index contributed by atoms with van der Waals surface area (Å²) in [5.74, 6) is 0.637. The topological polar surface area (TPSA) is 74.3 Å². The molecule has 0 aliphatic heterocycles. The van der Waals surface area contributed by atoms with Crippen molar-refractivity contribution in [2.24, 2.45) is 0 Å². The minimum Gasteiger partial charge on any atom is -0.493 e. The second-order valence-corrected chi connectivity index (χ2v) is 9.67. The van der Waals surface area contributed by atoms with Crippen molar-refractivity contribution in [3.63, 3.8) is 0 Å². The highest BCUT2D eigenvalue weighted by Gasteiger charge is 2.19. The van der Waals surface area contributed by atoms with Crippen LogP contribution in [-0.2, 0) is 19.1 Å². The first-order chi connectivity index (χ1) is 19.7. The first-order valence-electron chi connectivity index (χ1n) is 13.7. The molecule has 3 rings (SSSR count). The van der Waals surface area contributed by atoms with Gasteiger partial charge in [-0.05, 0) is 86.8 Å². The fourth-order valence-electron chi connectivity index (χ4n) is 4.34. The van der Waals surface area contributed by atoms with Crippen molar-refractivity contribution in [1.29, 1.82) is 0 Å². The fraction of sp³-hybridized carbons (Fsp3) is 0.294. The predicted octanol–water partition coefficient (Wildman–Crippen LogP) is 7.39. The van der Waals surface area contributed by atoms with Crippen molar-refractivity contribution < 1.29 is 28.5 Å².